The van der Waals surface area contributed by atoms with Crippen molar-refractivity contribution in [2.75, 3.05) is 0 Å². The Kier molecular flexibility index (Phi) is 4.91. The van der Waals surface area contributed by atoms with Gasteiger partial charge in [-0.2, -0.15) is 0 Å². The van der Waals surface area contributed by atoms with Crippen LogP contribution in [0.2, 0.25) is 0 Å². The minimum absolute atomic E-state index is 0.0233. The van der Waals surface area contributed by atoms with Crippen LogP contribution in [0.15, 0.2) is 0 Å². The Balaban J connectivity index is 4.04. The Morgan fingerprint density at radius 3 is 2.29 bits per heavy atom. The van der Waals surface area contributed by atoms with Gasteiger partial charge in [-0.15, -0.1) is 0 Å². The highest BCUT2D eigenvalue weighted by atomic mass is 16.6. The first-order chi connectivity index (χ1) is 6.26. The number of nitrogens with one attached hydrogen (secondary N) is 1. The highest BCUT2D eigenvalue weighted by molar-refractivity contribution is 5.68. The summed E-state index contributed by atoms with van der Waals surface area (Å²) in [6.07, 6.45) is 0.401. The van der Waals surface area contributed by atoms with E-state index < -0.39 is 11.7 Å². The second-order valence-electron chi connectivity index (χ2n) is 4.52. The molecule has 0 bridgehead atoms. The molecule has 0 aromatic rings. The predicted molar refractivity (Wildman–Crippen MR) is 57.1 cm³/mol. The van der Waals surface area contributed by atoms with Crippen molar-refractivity contribution in [3.8, 4) is 0 Å². The van der Waals surface area contributed by atoms with Gasteiger partial charge in [0.2, 0.25) is 0 Å². The van der Waals surface area contributed by atoms with Crippen molar-refractivity contribution in [3.63, 3.8) is 0 Å². The molecule has 0 radical (unpaired) electrons. The third-order valence-electron chi connectivity index (χ3n) is 1.78. The number of carbonyl (C=O) groups excluding carboxylic acids is 1. The van der Waals surface area contributed by atoms with Crippen LogP contribution in [-0.2, 0) is 4.74 Å². The van der Waals surface area contributed by atoms with Crippen LogP contribution in [0.25, 0.3) is 0 Å². The van der Waals surface area contributed by atoms with E-state index >= 15 is 0 Å². The zero-order valence-corrected chi connectivity index (χ0v) is 9.76. The molecule has 1 unspecified atom stereocenters. The van der Waals surface area contributed by atoms with Gasteiger partial charge in [0, 0.05) is 12.1 Å². The van der Waals surface area contributed by atoms with Crippen LogP contribution in [0.5, 0.6) is 0 Å². The lowest BCUT2D eigenvalue weighted by molar-refractivity contribution is 0.0496. The topological polar surface area (TPSA) is 64.3 Å². The molecule has 0 aliphatic rings. The van der Waals surface area contributed by atoms with Gasteiger partial charge in [-0.25, -0.2) is 4.79 Å². The van der Waals surface area contributed by atoms with Crippen LogP contribution in [0.1, 0.15) is 41.0 Å². The Bertz CT molecular complexity index is 185. The van der Waals surface area contributed by atoms with Gasteiger partial charge in [-0.1, -0.05) is 6.92 Å². The van der Waals surface area contributed by atoms with E-state index in [1.165, 1.54) is 0 Å². The van der Waals surface area contributed by atoms with Crippen molar-refractivity contribution in [1.82, 2.24) is 5.32 Å². The highest BCUT2D eigenvalue weighted by Crippen LogP contribution is 2.07. The van der Waals surface area contributed by atoms with E-state index in [0.29, 0.717) is 0 Å². The van der Waals surface area contributed by atoms with Crippen molar-refractivity contribution in [1.29, 1.82) is 0 Å². The van der Waals surface area contributed by atoms with Gasteiger partial charge < -0.3 is 15.8 Å². The third kappa shape index (κ3) is 5.80. The molecule has 0 aromatic carbocycles. The first-order valence-electron chi connectivity index (χ1n) is 5.01. The molecule has 14 heavy (non-hydrogen) atoms. The molecule has 0 heterocycles. The number of nitrogens with two attached hydrogens (primary N) is 1. The SMILES string of the molecule is CC[C@H](NC(=O)OC(C)(C)C)C(C)N. The zero-order valence-electron chi connectivity index (χ0n) is 9.76. The summed E-state index contributed by atoms with van der Waals surface area (Å²) >= 11 is 0. The molecule has 0 rings (SSSR count). The van der Waals surface area contributed by atoms with Gasteiger partial charge >= 0.3 is 6.09 Å². The Morgan fingerprint density at radius 1 is 1.50 bits per heavy atom. The summed E-state index contributed by atoms with van der Waals surface area (Å²) in [4.78, 5) is 11.3. The smallest absolute Gasteiger partial charge is 0.407 e. The van der Waals surface area contributed by atoms with E-state index in [0.717, 1.165) is 6.42 Å². The lowest BCUT2D eigenvalue weighted by Crippen LogP contribution is -2.47. The summed E-state index contributed by atoms with van der Waals surface area (Å²) in [6.45, 7) is 9.34. The summed E-state index contributed by atoms with van der Waals surface area (Å²) in [5.74, 6) is 0. The number of hydrogen-bond acceptors (Lipinski definition) is 3. The van der Waals surface area contributed by atoms with Crippen molar-refractivity contribution in [2.24, 2.45) is 5.73 Å². The number of amides is 1. The average Bonchev–Trinajstić information content (AvgIpc) is 1.96. The monoisotopic (exact) mass is 202 g/mol. The Labute approximate surface area is 86.2 Å². The maximum Gasteiger partial charge on any atom is 0.407 e. The number of ether oxygens (including phenoxy) is 1. The van der Waals surface area contributed by atoms with Gasteiger partial charge in [0.05, 0.1) is 0 Å². The van der Waals surface area contributed by atoms with E-state index in [-0.39, 0.29) is 12.1 Å². The van der Waals surface area contributed by atoms with Crippen LogP contribution in [0.3, 0.4) is 0 Å². The third-order valence-corrected chi connectivity index (χ3v) is 1.78. The number of hydrogen-bond donors (Lipinski definition) is 2. The molecule has 0 aromatic heterocycles. The first kappa shape index (κ1) is 13.2. The van der Waals surface area contributed by atoms with E-state index in [2.05, 4.69) is 5.32 Å². The number of carbonyl (C=O) groups is 1. The van der Waals surface area contributed by atoms with Crippen LogP contribution < -0.4 is 11.1 Å². The molecule has 4 nitrogen and oxygen atoms in total. The van der Waals surface area contributed by atoms with E-state index in [4.69, 9.17) is 10.5 Å². The predicted octanol–water partition coefficient (Wildman–Crippen LogP) is 1.64. The summed E-state index contributed by atoms with van der Waals surface area (Å²) in [5, 5.41) is 2.74. The normalized spacial score (nSPS) is 15.9. The van der Waals surface area contributed by atoms with E-state index in [1.54, 1.807) is 0 Å². The van der Waals surface area contributed by atoms with Crippen molar-refractivity contribution < 1.29 is 9.53 Å². The van der Waals surface area contributed by atoms with Crippen molar-refractivity contribution in [2.45, 2.75) is 58.7 Å². The van der Waals surface area contributed by atoms with Gasteiger partial charge in [0.25, 0.3) is 0 Å². The number of rotatable bonds is 3. The molecule has 0 saturated heterocycles. The van der Waals surface area contributed by atoms with E-state index in [9.17, 15) is 4.79 Å². The molecule has 0 spiro atoms. The number of alkyl carbamates (subject to hydrolysis) is 1. The molecular weight excluding hydrogens is 180 g/mol. The van der Waals surface area contributed by atoms with Crippen LogP contribution >= 0.6 is 0 Å². The van der Waals surface area contributed by atoms with Gasteiger partial charge in [-0.05, 0) is 34.1 Å². The summed E-state index contributed by atoms with van der Waals surface area (Å²) in [5.41, 5.74) is 5.23. The Morgan fingerprint density at radius 2 is 2.00 bits per heavy atom. The fraction of sp³-hybridized carbons (Fsp3) is 0.900. The molecule has 0 aliphatic carbocycles. The van der Waals surface area contributed by atoms with Gasteiger partial charge in [0.1, 0.15) is 5.60 Å². The summed E-state index contributed by atoms with van der Waals surface area (Å²) < 4.78 is 5.11. The second-order valence-corrected chi connectivity index (χ2v) is 4.52. The fourth-order valence-corrected chi connectivity index (χ4v) is 1.06. The second kappa shape index (κ2) is 5.20. The molecular formula is C10H22N2O2. The van der Waals surface area contributed by atoms with Crippen LogP contribution in [0, 0.1) is 0 Å². The molecule has 0 saturated carbocycles. The molecule has 0 aliphatic heterocycles. The first-order valence-corrected chi connectivity index (χ1v) is 5.01. The minimum atomic E-state index is -0.458. The van der Waals surface area contributed by atoms with Gasteiger partial charge in [0.15, 0.2) is 0 Å². The lowest BCUT2D eigenvalue weighted by atomic mass is 10.1. The summed E-state index contributed by atoms with van der Waals surface area (Å²) in [7, 11) is 0. The molecule has 84 valence electrons. The van der Waals surface area contributed by atoms with Crippen molar-refractivity contribution in [3.05, 3.63) is 0 Å². The maximum atomic E-state index is 11.3. The zero-order chi connectivity index (χ0) is 11.4. The minimum Gasteiger partial charge on any atom is -0.444 e. The maximum absolute atomic E-state index is 11.3. The fourth-order valence-electron chi connectivity index (χ4n) is 1.06. The summed E-state index contributed by atoms with van der Waals surface area (Å²) in [6, 6.07) is -0.0858. The molecule has 2 atom stereocenters. The molecule has 3 N–H and O–H groups in total. The van der Waals surface area contributed by atoms with E-state index in [1.807, 2.05) is 34.6 Å². The quantitative estimate of drug-likeness (QED) is 0.731. The lowest BCUT2D eigenvalue weighted by Gasteiger charge is -2.24. The molecule has 4 heteroatoms. The van der Waals surface area contributed by atoms with Crippen molar-refractivity contribution >= 4 is 6.09 Å². The average molecular weight is 202 g/mol. The highest BCUT2D eigenvalue weighted by Gasteiger charge is 2.20. The van der Waals surface area contributed by atoms with Crippen LogP contribution in [-0.4, -0.2) is 23.8 Å². The molecule has 1 amide bonds. The van der Waals surface area contributed by atoms with Gasteiger partial charge in [-0.3, -0.25) is 0 Å². The van der Waals surface area contributed by atoms with Crippen LogP contribution in [0.4, 0.5) is 4.79 Å². The Hall–Kier alpha value is -0.770. The largest absolute Gasteiger partial charge is 0.444 e. The molecule has 0 fully saturated rings. The standard InChI is InChI=1S/C10H22N2O2/c1-6-8(7(2)11)12-9(13)14-10(3,4)5/h7-8H,6,11H2,1-5H3,(H,12,13)/t7?,8-/m0/s1.